The molecule has 6 nitrogen and oxygen atoms in total. The Morgan fingerprint density at radius 1 is 1.00 bits per heavy atom. The van der Waals surface area contributed by atoms with E-state index in [1.807, 2.05) is 68.4 Å². The molecular weight excluding hydrogens is 364 g/mol. The van der Waals surface area contributed by atoms with E-state index >= 15 is 0 Å². The number of ether oxygens (including phenoxy) is 1. The lowest BCUT2D eigenvalue weighted by molar-refractivity contribution is 0.306. The zero-order valence-corrected chi connectivity index (χ0v) is 16.9. The summed E-state index contributed by atoms with van der Waals surface area (Å²) in [6, 6.07) is 18.1. The molecule has 0 spiro atoms. The standard InChI is InChI=1S/C23H24N4O2/c1-16(2)27-22-20(14-24-27)23(28)26(3)21(25-22)13-17-9-11-19(12-10-17)29-15-18-7-5-4-6-8-18/h4-12,14,16H,13,15H2,1-3H3. The van der Waals surface area contributed by atoms with Crippen molar-refractivity contribution >= 4 is 11.0 Å². The summed E-state index contributed by atoms with van der Waals surface area (Å²) < 4.78 is 9.25. The van der Waals surface area contributed by atoms with Gasteiger partial charge in [0.15, 0.2) is 5.65 Å². The molecule has 0 aliphatic carbocycles. The number of hydrogen-bond acceptors (Lipinski definition) is 4. The molecule has 0 amide bonds. The summed E-state index contributed by atoms with van der Waals surface area (Å²) in [5.41, 5.74) is 2.76. The Morgan fingerprint density at radius 2 is 1.72 bits per heavy atom. The fourth-order valence-electron chi connectivity index (χ4n) is 3.28. The first kappa shape index (κ1) is 18.9. The zero-order valence-electron chi connectivity index (χ0n) is 16.9. The fourth-order valence-corrected chi connectivity index (χ4v) is 3.28. The number of rotatable bonds is 6. The van der Waals surface area contributed by atoms with E-state index in [9.17, 15) is 4.79 Å². The molecule has 0 saturated carbocycles. The highest BCUT2D eigenvalue weighted by Crippen LogP contribution is 2.18. The van der Waals surface area contributed by atoms with E-state index in [0.29, 0.717) is 29.9 Å². The van der Waals surface area contributed by atoms with Crippen molar-refractivity contribution in [2.75, 3.05) is 0 Å². The number of aromatic nitrogens is 4. The lowest BCUT2D eigenvalue weighted by Gasteiger charge is -2.11. The molecule has 6 heteroatoms. The minimum Gasteiger partial charge on any atom is -0.489 e. The van der Waals surface area contributed by atoms with Gasteiger partial charge in [-0.25, -0.2) is 9.67 Å². The van der Waals surface area contributed by atoms with E-state index in [1.165, 1.54) is 0 Å². The van der Waals surface area contributed by atoms with Crippen molar-refractivity contribution in [2.45, 2.75) is 32.9 Å². The van der Waals surface area contributed by atoms with Crippen LogP contribution < -0.4 is 10.3 Å². The van der Waals surface area contributed by atoms with Crippen molar-refractivity contribution in [3.05, 3.63) is 88.1 Å². The molecule has 0 aliphatic heterocycles. The van der Waals surface area contributed by atoms with Crippen LogP contribution in [0.2, 0.25) is 0 Å². The largest absolute Gasteiger partial charge is 0.489 e. The van der Waals surface area contributed by atoms with Crippen LogP contribution in [0.25, 0.3) is 11.0 Å². The highest BCUT2D eigenvalue weighted by Gasteiger charge is 2.15. The van der Waals surface area contributed by atoms with Gasteiger partial charge >= 0.3 is 0 Å². The summed E-state index contributed by atoms with van der Waals surface area (Å²) in [6.07, 6.45) is 2.16. The van der Waals surface area contributed by atoms with E-state index in [-0.39, 0.29) is 11.6 Å². The maximum Gasteiger partial charge on any atom is 0.264 e. The van der Waals surface area contributed by atoms with Crippen molar-refractivity contribution in [1.29, 1.82) is 0 Å². The van der Waals surface area contributed by atoms with Gasteiger partial charge in [-0.05, 0) is 37.1 Å². The lowest BCUT2D eigenvalue weighted by Crippen LogP contribution is -2.23. The summed E-state index contributed by atoms with van der Waals surface area (Å²) in [6.45, 7) is 4.59. The van der Waals surface area contributed by atoms with Crippen LogP contribution in [-0.4, -0.2) is 19.3 Å². The topological polar surface area (TPSA) is 61.9 Å². The smallest absolute Gasteiger partial charge is 0.264 e. The molecule has 2 aromatic carbocycles. The summed E-state index contributed by atoms with van der Waals surface area (Å²) in [5.74, 6) is 1.52. The SMILES string of the molecule is CC(C)n1ncc2c(=O)n(C)c(Cc3ccc(OCc4ccccc4)cc3)nc21. The van der Waals surface area contributed by atoms with Crippen molar-refractivity contribution < 1.29 is 4.74 Å². The normalized spacial score (nSPS) is 11.3. The molecular formula is C23H24N4O2. The Morgan fingerprint density at radius 3 is 2.41 bits per heavy atom. The molecule has 29 heavy (non-hydrogen) atoms. The van der Waals surface area contributed by atoms with Crippen LogP contribution in [0.5, 0.6) is 5.75 Å². The summed E-state index contributed by atoms with van der Waals surface area (Å²) in [4.78, 5) is 17.4. The Balaban J connectivity index is 1.54. The maximum absolute atomic E-state index is 12.7. The van der Waals surface area contributed by atoms with E-state index in [4.69, 9.17) is 9.72 Å². The van der Waals surface area contributed by atoms with Crippen molar-refractivity contribution in [3.63, 3.8) is 0 Å². The van der Waals surface area contributed by atoms with Crippen molar-refractivity contribution in [2.24, 2.45) is 7.05 Å². The predicted molar refractivity (Wildman–Crippen MR) is 113 cm³/mol. The lowest BCUT2D eigenvalue weighted by atomic mass is 10.1. The first-order valence-electron chi connectivity index (χ1n) is 9.71. The van der Waals surface area contributed by atoms with Gasteiger partial charge in [-0.3, -0.25) is 9.36 Å². The third-order valence-electron chi connectivity index (χ3n) is 4.95. The van der Waals surface area contributed by atoms with E-state index < -0.39 is 0 Å². The Hall–Kier alpha value is -3.41. The van der Waals surface area contributed by atoms with Crippen LogP contribution in [-0.2, 0) is 20.1 Å². The summed E-state index contributed by atoms with van der Waals surface area (Å²) >= 11 is 0. The maximum atomic E-state index is 12.7. The second-order valence-electron chi connectivity index (χ2n) is 7.41. The van der Waals surface area contributed by atoms with Crippen LogP contribution in [0.4, 0.5) is 0 Å². The molecule has 0 unspecified atom stereocenters. The van der Waals surface area contributed by atoms with Gasteiger partial charge in [0.05, 0.1) is 6.20 Å². The summed E-state index contributed by atoms with van der Waals surface area (Å²) in [7, 11) is 1.76. The molecule has 0 radical (unpaired) electrons. The summed E-state index contributed by atoms with van der Waals surface area (Å²) in [5, 5.41) is 4.88. The fraction of sp³-hybridized carbons (Fsp3) is 0.261. The van der Waals surface area contributed by atoms with E-state index in [1.54, 1.807) is 22.5 Å². The van der Waals surface area contributed by atoms with Crippen LogP contribution in [0.3, 0.4) is 0 Å². The molecule has 2 heterocycles. The molecule has 148 valence electrons. The van der Waals surface area contributed by atoms with E-state index in [0.717, 1.165) is 16.9 Å². The van der Waals surface area contributed by atoms with E-state index in [2.05, 4.69) is 5.10 Å². The van der Waals surface area contributed by atoms with Gasteiger partial charge in [-0.1, -0.05) is 42.5 Å². The Bertz CT molecular complexity index is 1180. The molecule has 0 aliphatic rings. The average molecular weight is 388 g/mol. The molecule has 0 N–H and O–H groups in total. The third kappa shape index (κ3) is 3.92. The molecule has 0 atom stereocenters. The first-order chi connectivity index (χ1) is 14.0. The van der Waals surface area contributed by atoms with Gasteiger partial charge in [0.25, 0.3) is 5.56 Å². The van der Waals surface area contributed by atoms with Gasteiger partial charge in [0.1, 0.15) is 23.6 Å². The highest BCUT2D eigenvalue weighted by atomic mass is 16.5. The minimum absolute atomic E-state index is 0.0697. The average Bonchev–Trinajstić information content (AvgIpc) is 3.16. The van der Waals surface area contributed by atoms with Gasteiger partial charge in [-0.15, -0.1) is 0 Å². The number of benzene rings is 2. The van der Waals surface area contributed by atoms with Gasteiger partial charge < -0.3 is 4.74 Å². The minimum atomic E-state index is -0.0697. The van der Waals surface area contributed by atoms with Crippen LogP contribution >= 0.6 is 0 Å². The third-order valence-corrected chi connectivity index (χ3v) is 4.95. The molecule has 0 saturated heterocycles. The molecule has 4 aromatic rings. The highest BCUT2D eigenvalue weighted by molar-refractivity contribution is 5.73. The monoisotopic (exact) mass is 388 g/mol. The number of nitrogens with zero attached hydrogens (tertiary/aromatic N) is 4. The van der Waals surface area contributed by atoms with Crippen LogP contribution in [0.15, 0.2) is 65.6 Å². The number of hydrogen-bond donors (Lipinski definition) is 0. The molecule has 0 fully saturated rings. The first-order valence-corrected chi connectivity index (χ1v) is 9.71. The second-order valence-corrected chi connectivity index (χ2v) is 7.41. The molecule has 2 aromatic heterocycles. The van der Waals surface area contributed by atoms with Crippen molar-refractivity contribution in [3.8, 4) is 5.75 Å². The molecule has 4 rings (SSSR count). The van der Waals surface area contributed by atoms with Crippen molar-refractivity contribution in [1.82, 2.24) is 19.3 Å². The van der Waals surface area contributed by atoms with Gasteiger partial charge in [0.2, 0.25) is 0 Å². The second kappa shape index (κ2) is 7.91. The van der Waals surface area contributed by atoms with Gasteiger partial charge in [-0.2, -0.15) is 5.10 Å². The zero-order chi connectivity index (χ0) is 20.4. The quantitative estimate of drug-likeness (QED) is 0.503. The van der Waals surface area contributed by atoms with Crippen LogP contribution in [0, 0.1) is 0 Å². The Labute approximate surface area is 169 Å². The molecule has 0 bridgehead atoms. The van der Waals surface area contributed by atoms with Gasteiger partial charge in [0, 0.05) is 19.5 Å². The number of fused-ring (bicyclic) bond motifs is 1. The van der Waals surface area contributed by atoms with Crippen LogP contribution in [0.1, 0.15) is 36.8 Å². The predicted octanol–water partition coefficient (Wildman–Crippen LogP) is 3.88. The Kier molecular flexibility index (Phi) is 5.16.